The van der Waals surface area contributed by atoms with E-state index >= 15 is 0 Å². The minimum Gasteiger partial charge on any atom is -0.351 e. The number of amides is 3. The van der Waals surface area contributed by atoms with Gasteiger partial charge < -0.3 is 25.8 Å². The summed E-state index contributed by atoms with van der Waals surface area (Å²) < 4.78 is 0. The molecule has 3 amide bonds. The van der Waals surface area contributed by atoms with Gasteiger partial charge in [0.05, 0.1) is 5.69 Å². The number of fused-ring (bicyclic) bond motifs is 2. The van der Waals surface area contributed by atoms with Gasteiger partial charge >= 0.3 is 0 Å². The van der Waals surface area contributed by atoms with Gasteiger partial charge in [-0.15, -0.1) is 11.3 Å². The zero-order chi connectivity index (χ0) is 28.6. The lowest BCUT2D eigenvalue weighted by atomic mass is 9.77. The Bertz CT molecular complexity index is 1430. The van der Waals surface area contributed by atoms with E-state index in [4.69, 9.17) is 11.6 Å². The summed E-state index contributed by atoms with van der Waals surface area (Å²) in [6, 6.07) is 7.04. The summed E-state index contributed by atoms with van der Waals surface area (Å²) in [5, 5.41) is 11.3. The van der Waals surface area contributed by atoms with Crippen molar-refractivity contribution in [1.29, 1.82) is 0 Å². The van der Waals surface area contributed by atoms with Crippen LogP contribution >= 0.6 is 22.9 Å². The number of likely N-dealkylation sites (N-methyl/N-ethyl adjacent to an activating group) is 1. The van der Waals surface area contributed by atoms with Gasteiger partial charge in [-0.25, -0.2) is 4.98 Å². The fourth-order valence-electron chi connectivity index (χ4n) is 5.58. The molecular weight excluding hydrogens is 548 g/mol. The van der Waals surface area contributed by atoms with Crippen molar-refractivity contribution in [2.45, 2.75) is 64.6 Å². The van der Waals surface area contributed by atoms with Crippen LogP contribution < -0.4 is 16.0 Å². The van der Waals surface area contributed by atoms with E-state index in [9.17, 15) is 14.4 Å². The molecule has 4 N–H and O–H groups in total. The van der Waals surface area contributed by atoms with Crippen LogP contribution in [0.25, 0.3) is 10.9 Å². The number of thiazole rings is 1. The van der Waals surface area contributed by atoms with Crippen molar-refractivity contribution in [1.82, 2.24) is 30.8 Å². The maximum absolute atomic E-state index is 13.3. The van der Waals surface area contributed by atoms with Gasteiger partial charge in [-0.3, -0.25) is 14.4 Å². The molecule has 0 radical (unpaired) electrons. The second-order valence-corrected chi connectivity index (χ2v) is 13.6. The summed E-state index contributed by atoms with van der Waals surface area (Å²) in [5.74, 6) is -0.717. The molecule has 0 bridgehead atoms. The van der Waals surface area contributed by atoms with Crippen molar-refractivity contribution >= 4 is 51.6 Å². The van der Waals surface area contributed by atoms with E-state index in [1.54, 1.807) is 12.1 Å². The molecule has 0 spiro atoms. The predicted octanol–water partition coefficient (Wildman–Crippen LogP) is 4.13. The maximum Gasteiger partial charge on any atom is 0.280 e. The number of nitrogens with one attached hydrogen (secondary N) is 4. The highest BCUT2D eigenvalue weighted by Crippen LogP contribution is 2.31. The number of nitrogens with zero attached hydrogens (tertiary/aromatic N) is 2. The number of H-pyrrole nitrogens is 1. The Morgan fingerprint density at radius 2 is 1.98 bits per heavy atom. The van der Waals surface area contributed by atoms with Gasteiger partial charge in [0, 0.05) is 64.4 Å². The highest BCUT2D eigenvalue weighted by atomic mass is 35.5. The molecule has 1 saturated carbocycles. The molecule has 3 aromatic rings. The van der Waals surface area contributed by atoms with Crippen molar-refractivity contribution < 1.29 is 14.4 Å². The zero-order valence-electron chi connectivity index (χ0n) is 23.4. The molecule has 1 aromatic carbocycles. The summed E-state index contributed by atoms with van der Waals surface area (Å²) in [6.07, 6.45) is 2.70. The van der Waals surface area contributed by atoms with Crippen LogP contribution in [0, 0.1) is 11.8 Å². The number of aromatic amines is 1. The summed E-state index contributed by atoms with van der Waals surface area (Å²) in [4.78, 5) is 50.5. The Labute approximate surface area is 243 Å². The second-order valence-electron chi connectivity index (χ2n) is 12.1. The van der Waals surface area contributed by atoms with E-state index in [2.05, 4.69) is 37.9 Å². The van der Waals surface area contributed by atoms with Crippen LogP contribution in [0.3, 0.4) is 0 Å². The first-order chi connectivity index (χ1) is 18.9. The fraction of sp³-hybridized carbons (Fsp3) is 0.517. The minimum atomic E-state index is -0.331. The number of halogens is 1. The Morgan fingerprint density at radius 3 is 2.75 bits per heavy atom. The minimum absolute atomic E-state index is 0.0119. The molecule has 9 nitrogen and oxygen atoms in total. The standard InChI is InChI=1S/C29H37ClN6O3S/c1-29(2,3)35-25(37)16-5-7-21(33-26(38)23-13-17-12-19(30)6-8-20(17)32-23)18(11-16)14-31-27(39)28-34-22-9-10-36(4)15-24(22)40-28/h6,8,12-13,16,18,21,32H,5,7,9-11,14-15H2,1-4H3,(H,31,39)(H,33,38)(H,35,37)/t16-,18?,21-/m0/s1. The second kappa shape index (κ2) is 11.5. The van der Waals surface area contributed by atoms with E-state index in [1.807, 2.05) is 32.9 Å². The highest BCUT2D eigenvalue weighted by Gasteiger charge is 2.36. The molecule has 214 valence electrons. The first-order valence-corrected chi connectivity index (χ1v) is 15.0. The molecule has 11 heteroatoms. The lowest BCUT2D eigenvalue weighted by molar-refractivity contribution is -0.128. The van der Waals surface area contributed by atoms with Crippen molar-refractivity contribution in [3.63, 3.8) is 0 Å². The predicted molar refractivity (Wildman–Crippen MR) is 158 cm³/mol. The van der Waals surface area contributed by atoms with Crippen molar-refractivity contribution in [3.05, 3.63) is 50.6 Å². The van der Waals surface area contributed by atoms with Crippen LogP contribution in [0.1, 0.15) is 70.9 Å². The van der Waals surface area contributed by atoms with Gasteiger partial charge in [-0.1, -0.05) is 11.6 Å². The smallest absolute Gasteiger partial charge is 0.280 e. The largest absolute Gasteiger partial charge is 0.351 e. The first-order valence-electron chi connectivity index (χ1n) is 13.8. The van der Waals surface area contributed by atoms with Gasteiger partial charge in [0.1, 0.15) is 5.69 Å². The number of hydrogen-bond donors (Lipinski definition) is 4. The lowest BCUT2D eigenvalue weighted by Gasteiger charge is -2.37. The van der Waals surface area contributed by atoms with E-state index in [-0.39, 0.29) is 41.1 Å². The van der Waals surface area contributed by atoms with E-state index < -0.39 is 0 Å². The third kappa shape index (κ3) is 6.67. The van der Waals surface area contributed by atoms with Gasteiger partial charge in [0.2, 0.25) is 5.91 Å². The SMILES string of the molecule is CN1CCc2nc(C(=O)NCC3C[C@@H](C(=O)NC(C)(C)C)CC[C@@H]3NC(=O)c3cc4cc(Cl)ccc4[nH]3)sc2C1. The molecule has 5 rings (SSSR count). The number of carbonyl (C=O) groups excluding carboxylic acids is 3. The molecule has 1 unspecified atom stereocenters. The van der Waals surface area contributed by atoms with E-state index in [1.165, 1.54) is 11.3 Å². The molecule has 1 aliphatic carbocycles. The summed E-state index contributed by atoms with van der Waals surface area (Å²) in [6.45, 7) is 7.98. The van der Waals surface area contributed by atoms with Gasteiger partial charge in [-0.05, 0) is 77.3 Å². The fourth-order valence-corrected chi connectivity index (χ4v) is 6.87. The third-order valence-corrected chi connectivity index (χ3v) is 8.95. The summed E-state index contributed by atoms with van der Waals surface area (Å²) in [7, 11) is 2.07. The van der Waals surface area contributed by atoms with Crippen LogP contribution in [0.4, 0.5) is 0 Å². The maximum atomic E-state index is 13.3. The molecule has 1 aliphatic heterocycles. The molecular formula is C29H37ClN6O3S. The van der Waals surface area contributed by atoms with Gasteiger partial charge in [0.15, 0.2) is 5.01 Å². The molecule has 2 aliphatic rings. The van der Waals surface area contributed by atoms with Crippen LogP contribution in [-0.2, 0) is 17.8 Å². The zero-order valence-corrected chi connectivity index (χ0v) is 25.0. The molecule has 3 atom stereocenters. The Kier molecular flexibility index (Phi) is 8.22. The van der Waals surface area contributed by atoms with Gasteiger partial charge in [-0.2, -0.15) is 0 Å². The Balaban J connectivity index is 1.29. The van der Waals surface area contributed by atoms with Crippen LogP contribution in [0.2, 0.25) is 5.02 Å². The topological polar surface area (TPSA) is 119 Å². The van der Waals surface area contributed by atoms with Gasteiger partial charge in [0.25, 0.3) is 11.8 Å². The molecule has 40 heavy (non-hydrogen) atoms. The number of benzene rings is 1. The Hall–Kier alpha value is -2.95. The highest BCUT2D eigenvalue weighted by molar-refractivity contribution is 7.13. The van der Waals surface area contributed by atoms with Crippen LogP contribution in [0.15, 0.2) is 24.3 Å². The van der Waals surface area contributed by atoms with E-state index in [0.29, 0.717) is 41.5 Å². The molecule has 0 saturated heterocycles. The third-order valence-electron chi connectivity index (χ3n) is 7.64. The average Bonchev–Trinajstić information content (AvgIpc) is 3.50. The molecule has 3 heterocycles. The van der Waals surface area contributed by atoms with Crippen LogP contribution in [0.5, 0.6) is 0 Å². The number of carbonyl (C=O) groups is 3. The molecule has 1 fully saturated rings. The average molecular weight is 585 g/mol. The lowest BCUT2D eigenvalue weighted by Crippen LogP contribution is -2.51. The number of aromatic nitrogens is 2. The molecule has 2 aromatic heterocycles. The number of hydrogen-bond acceptors (Lipinski definition) is 6. The number of rotatable bonds is 6. The van der Waals surface area contributed by atoms with Crippen molar-refractivity contribution in [2.75, 3.05) is 20.1 Å². The monoisotopic (exact) mass is 584 g/mol. The van der Waals surface area contributed by atoms with E-state index in [0.717, 1.165) is 41.0 Å². The van der Waals surface area contributed by atoms with Crippen LogP contribution in [-0.4, -0.2) is 64.3 Å². The quantitative estimate of drug-likeness (QED) is 0.347. The summed E-state index contributed by atoms with van der Waals surface area (Å²) in [5.41, 5.74) is 1.96. The normalized spacial score (nSPS) is 21.6. The van der Waals surface area contributed by atoms with Crippen molar-refractivity contribution in [2.24, 2.45) is 11.8 Å². The Morgan fingerprint density at radius 1 is 1.18 bits per heavy atom. The van der Waals surface area contributed by atoms with Crippen molar-refractivity contribution in [3.8, 4) is 0 Å². The summed E-state index contributed by atoms with van der Waals surface area (Å²) >= 11 is 7.56. The first kappa shape index (κ1) is 28.6.